The highest BCUT2D eigenvalue weighted by molar-refractivity contribution is 5.90. The second kappa shape index (κ2) is 7.50. The Balaban J connectivity index is 2.10. The number of hydrogen-bond donors (Lipinski definition) is 0. The number of alkyl halides is 6. The van der Waals surface area contributed by atoms with E-state index in [-0.39, 0.29) is 34.6 Å². The van der Waals surface area contributed by atoms with Gasteiger partial charge < -0.3 is 14.4 Å². The van der Waals surface area contributed by atoms with Crippen molar-refractivity contribution in [2.75, 3.05) is 24.7 Å². The van der Waals surface area contributed by atoms with Gasteiger partial charge in [0.25, 0.3) is 0 Å². The van der Waals surface area contributed by atoms with Gasteiger partial charge in [-0.1, -0.05) is 6.92 Å². The van der Waals surface area contributed by atoms with Crippen molar-refractivity contribution in [3.05, 3.63) is 41.9 Å². The molecule has 0 atom stereocenters. The van der Waals surface area contributed by atoms with Crippen LogP contribution >= 0.6 is 0 Å². The quantitative estimate of drug-likeness (QED) is 0.500. The zero-order valence-electron chi connectivity index (χ0n) is 14.7. The Morgan fingerprint density at radius 1 is 1.14 bits per heavy atom. The van der Waals surface area contributed by atoms with Gasteiger partial charge in [-0.05, 0) is 18.6 Å². The summed E-state index contributed by atoms with van der Waals surface area (Å²) in [4.78, 5) is 4.74. The summed E-state index contributed by atoms with van der Waals surface area (Å²) in [5.74, 6) is -0.0113. The van der Waals surface area contributed by atoms with E-state index in [9.17, 15) is 26.3 Å². The number of anilines is 1. The fourth-order valence-corrected chi connectivity index (χ4v) is 2.86. The molecule has 0 aliphatic carbocycles. The number of halogens is 6. The highest BCUT2D eigenvalue weighted by atomic mass is 19.4. The van der Waals surface area contributed by atoms with Crippen LogP contribution < -0.4 is 9.64 Å². The highest BCUT2D eigenvalue weighted by Gasteiger charge is 2.37. The van der Waals surface area contributed by atoms with E-state index in [1.165, 1.54) is 6.07 Å². The van der Waals surface area contributed by atoms with Crippen LogP contribution in [0.5, 0.6) is 5.75 Å². The molecule has 0 bridgehead atoms. The lowest BCUT2D eigenvalue weighted by molar-refractivity contribution is -0.136. The monoisotopic (exact) mass is 406 g/mol. The van der Waals surface area contributed by atoms with Crippen LogP contribution in [0.3, 0.4) is 0 Å². The van der Waals surface area contributed by atoms with Crippen molar-refractivity contribution in [2.45, 2.75) is 25.7 Å². The molecule has 3 rings (SSSR count). The predicted octanol–water partition coefficient (Wildman–Crippen LogP) is 5.28. The summed E-state index contributed by atoms with van der Waals surface area (Å²) in [6.07, 6.45) is -6.50. The van der Waals surface area contributed by atoms with Crippen LogP contribution in [0.1, 0.15) is 18.9 Å². The molecule has 10 heteroatoms. The van der Waals surface area contributed by atoms with Crippen molar-refractivity contribution in [1.82, 2.24) is 4.98 Å². The van der Waals surface area contributed by atoms with Crippen LogP contribution in [0.15, 0.2) is 36.4 Å². The lowest BCUT2D eigenvalue weighted by Crippen LogP contribution is -2.37. The van der Waals surface area contributed by atoms with Gasteiger partial charge in [-0.25, -0.2) is 0 Å². The molecule has 28 heavy (non-hydrogen) atoms. The second-order valence-corrected chi connectivity index (χ2v) is 6.17. The number of rotatable bonds is 5. The van der Waals surface area contributed by atoms with Gasteiger partial charge in [-0.15, -0.1) is 0 Å². The molecule has 1 aliphatic heterocycles. The summed E-state index contributed by atoms with van der Waals surface area (Å²) in [7, 11) is 0. The van der Waals surface area contributed by atoms with E-state index in [1.54, 1.807) is 0 Å². The van der Waals surface area contributed by atoms with Crippen LogP contribution in [0.4, 0.5) is 32.0 Å². The summed E-state index contributed by atoms with van der Waals surface area (Å²) in [6.45, 7) is 0.606. The van der Waals surface area contributed by atoms with Gasteiger partial charge in [0, 0.05) is 24.3 Å². The number of benzene rings is 1. The Labute approximate surface area is 156 Å². The second-order valence-electron chi connectivity index (χ2n) is 6.17. The van der Waals surface area contributed by atoms with Gasteiger partial charge in [0.1, 0.15) is 12.8 Å². The fraction of sp³-hybridized carbons (Fsp3) is 0.389. The zero-order chi connectivity index (χ0) is 20.5. The van der Waals surface area contributed by atoms with Crippen LogP contribution in [0.2, 0.25) is 0 Å². The lowest BCUT2D eigenvalue weighted by atomic mass is 10.1. The first-order valence-electron chi connectivity index (χ1n) is 8.38. The first-order valence-corrected chi connectivity index (χ1v) is 8.38. The molecule has 0 saturated heterocycles. The van der Waals surface area contributed by atoms with Gasteiger partial charge in [-0.3, -0.25) is 4.98 Å². The summed E-state index contributed by atoms with van der Waals surface area (Å²) in [6, 6.07) is 3.01. The predicted molar refractivity (Wildman–Crippen MR) is 90.0 cm³/mol. The van der Waals surface area contributed by atoms with Gasteiger partial charge in [0.15, 0.2) is 5.75 Å². The molecule has 0 spiro atoms. The van der Waals surface area contributed by atoms with Crippen molar-refractivity contribution in [1.29, 1.82) is 0 Å². The van der Waals surface area contributed by atoms with E-state index in [4.69, 9.17) is 9.47 Å². The molecular formula is C18H16F6N2O2. The van der Waals surface area contributed by atoms with Crippen molar-refractivity contribution in [2.24, 2.45) is 0 Å². The lowest BCUT2D eigenvalue weighted by Gasteiger charge is -2.32. The van der Waals surface area contributed by atoms with E-state index < -0.39 is 24.5 Å². The Hall–Kier alpha value is -2.49. The molecule has 2 aromatic rings. The van der Waals surface area contributed by atoms with E-state index in [1.807, 2.05) is 6.92 Å². The molecule has 0 unspecified atom stereocenters. The number of nitrogens with zero attached hydrogens (tertiary/aromatic N) is 2. The third-order valence-corrected chi connectivity index (χ3v) is 4.02. The minimum absolute atomic E-state index is 0.0113. The summed E-state index contributed by atoms with van der Waals surface area (Å²) in [5, 5.41) is -0.305. The van der Waals surface area contributed by atoms with Crippen molar-refractivity contribution in [3.8, 4) is 5.75 Å². The van der Waals surface area contributed by atoms with Gasteiger partial charge in [-0.2, -0.15) is 26.3 Å². The van der Waals surface area contributed by atoms with Gasteiger partial charge in [0.05, 0.1) is 29.1 Å². The van der Waals surface area contributed by atoms with E-state index in [0.717, 1.165) is 29.5 Å². The maximum atomic E-state index is 13.3. The first kappa shape index (κ1) is 20.2. The topological polar surface area (TPSA) is 34.6 Å². The minimum atomic E-state index is -4.68. The summed E-state index contributed by atoms with van der Waals surface area (Å²) < 4.78 is 90.0. The van der Waals surface area contributed by atoms with Crippen LogP contribution in [-0.2, 0) is 10.9 Å². The summed E-state index contributed by atoms with van der Waals surface area (Å²) >= 11 is 0. The van der Waals surface area contributed by atoms with Gasteiger partial charge >= 0.3 is 12.4 Å². The highest BCUT2D eigenvalue weighted by Crippen LogP contribution is 2.42. The van der Waals surface area contributed by atoms with E-state index >= 15 is 0 Å². The molecule has 0 amide bonds. The molecule has 1 aromatic carbocycles. The fourth-order valence-electron chi connectivity index (χ4n) is 2.86. The number of fused-ring (bicyclic) bond motifs is 2. The van der Waals surface area contributed by atoms with Crippen LogP contribution in [0.25, 0.3) is 10.9 Å². The maximum absolute atomic E-state index is 13.3. The number of hydrogen-bond acceptors (Lipinski definition) is 4. The summed E-state index contributed by atoms with van der Waals surface area (Å²) in [5.41, 5.74) is -1.07. The SMILES string of the molecule is CCCOCC1=COc2cc3nccc(C(F)(F)F)c3cc2N1CC(F)(F)F. The molecule has 0 fully saturated rings. The Morgan fingerprint density at radius 3 is 2.54 bits per heavy atom. The normalized spacial score (nSPS) is 14.7. The minimum Gasteiger partial charge on any atom is -0.461 e. The van der Waals surface area contributed by atoms with Crippen LogP contribution in [0, 0.1) is 0 Å². The molecule has 0 saturated carbocycles. The van der Waals surface area contributed by atoms with Gasteiger partial charge in [0.2, 0.25) is 0 Å². The molecule has 1 aliphatic rings. The molecule has 4 nitrogen and oxygen atoms in total. The van der Waals surface area contributed by atoms with E-state index in [0.29, 0.717) is 13.0 Å². The Morgan fingerprint density at radius 2 is 1.89 bits per heavy atom. The average molecular weight is 406 g/mol. The largest absolute Gasteiger partial charge is 0.461 e. The third-order valence-electron chi connectivity index (χ3n) is 4.02. The number of aromatic nitrogens is 1. The third kappa shape index (κ3) is 4.32. The van der Waals surface area contributed by atoms with Crippen molar-refractivity contribution in [3.63, 3.8) is 0 Å². The Bertz CT molecular complexity index is 892. The standard InChI is InChI=1S/C18H16F6N2O2/c1-2-5-27-8-11-9-28-16-7-14-12(13(3-4-25-14)18(22,23)24)6-15(16)26(11)10-17(19,20)21/h3-4,6-7,9H,2,5,8,10H2,1H3. The van der Waals surface area contributed by atoms with Crippen molar-refractivity contribution >= 4 is 16.6 Å². The number of ether oxygens (including phenoxy) is 2. The average Bonchev–Trinajstić information content (AvgIpc) is 2.59. The first-order chi connectivity index (χ1) is 13.1. The Kier molecular flexibility index (Phi) is 5.42. The molecule has 2 heterocycles. The smallest absolute Gasteiger partial charge is 0.417 e. The van der Waals surface area contributed by atoms with E-state index in [2.05, 4.69) is 4.98 Å². The van der Waals surface area contributed by atoms with Crippen LogP contribution in [-0.4, -0.2) is 30.9 Å². The zero-order valence-corrected chi connectivity index (χ0v) is 14.7. The molecule has 0 radical (unpaired) electrons. The number of pyridine rings is 1. The maximum Gasteiger partial charge on any atom is 0.417 e. The molecule has 152 valence electrons. The van der Waals surface area contributed by atoms with Crippen molar-refractivity contribution < 1.29 is 35.8 Å². The molecular weight excluding hydrogens is 390 g/mol. The molecule has 0 N–H and O–H groups in total. The molecule has 1 aromatic heterocycles.